The fourth-order valence-corrected chi connectivity index (χ4v) is 3.46. The van der Waals surface area contributed by atoms with Crippen LogP contribution < -0.4 is 14.8 Å². The largest absolute Gasteiger partial charge is 0.497 e. The molecule has 3 rings (SSSR count). The minimum Gasteiger partial charge on any atom is -0.497 e. The molecule has 1 atom stereocenters. The molecule has 6 nitrogen and oxygen atoms in total. The maximum absolute atomic E-state index is 12.8. The number of carbonyl (C=O) groups is 1. The van der Waals surface area contributed by atoms with Gasteiger partial charge in [0.25, 0.3) is 0 Å². The van der Waals surface area contributed by atoms with Crippen molar-refractivity contribution in [3.63, 3.8) is 0 Å². The van der Waals surface area contributed by atoms with E-state index in [-0.39, 0.29) is 18.4 Å². The second-order valence-electron chi connectivity index (χ2n) is 6.97. The average Bonchev–Trinajstić information content (AvgIpc) is 3.02. The number of benzene rings is 2. The zero-order valence-corrected chi connectivity index (χ0v) is 17.5. The first-order chi connectivity index (χ1) is 13.9. The van der Waals surface area contributed by atoms with E-state index in [9.17, 15) is 4.79 Å². The quantitative estimate of drug-likeness (QED) is 0.661. The lowest BCUT2D eigenvalue weighted by molar-refractivity contribution is -0.121. The molecule has 29 heavy (non-hydrogen) atoms. The fraction of sp³-hybridized carbons (Fsp3) is 0.304. The highest BCUT2D eigenvalue weighted by molar-refractivity contribution is 5.79. The van der Waals surface area contributed by atoms with Gasteiger partial charge in [0, 0.05) is 16.8 Å². The van der Waals surface area contributed by atoms with E-state index in [4.69, 9.17) is 9.47 Å². The first-order valence-electron chi connectivity index (χ1n) is 9.56. The van der Waals surface area contributed by atoms with E-state index in [1.807, 2.05) is 74.0 Å². The Kier molecular flexibility index (Phi) is 6.22. The summed E-state index contributed by atoms with van der Waals surface area (Å²) in [4.78, 5) is 12.8. The molecule has 0 saturated heterocycles. The van der Waals surface area contributed by atoms with Gasteiger partial charge in [-0.25, -0.2) is 4.68 Å². The number of ether oxygens (including phenoxy) is 2. The first kappa shape index (κ1) is 20.5. The Hall–Kier alpha value is -3.28. The van der Waals surface area contributed by atoms with Gasteiger partial charge >= 0.3 is 0 Å². The normalized spacial score (nSPS) is 11.8. The Morgan fingerprint density at radius 3 is 2.48 bits per heavy atom. The summed E-state index contributed by atoms with van der Waals surface area (Å²) in [5.41, 5.74) is 4.61. The number of amides is 1. The van der Waals surface area contributed by atoms with Crippen molar-refractivity contribution in [3.8, 4) is 17.2 Å². The Balaban J connectivity index is 1.77. The van der Waals surface area contributed by atoms with Gasteiger partial charge in [0.15, 0.2) is 0 Å². The monoisotopic (exact) mass is 393 g/mol. The lowest BCUT2D eigenvalue weighted by Crippen LogP contribution is -2.28. The van der Waals surface area contributed by atoms with Crippen LogP contribution in [0, 0.1) is 13.8 Å². The number of hydrogen-bond donors (Lipinski definition) is 1. The summed E-state index contributed by atoms with van der Waals surface area (Å²) in [5, 5.41) is 7.68. The van der Waals surface area contributed by atoms with Crippen molar-refractivity contribution in [2.24, 2.45) is 0 Å². The maximum atomic E-state index is 12.8. The van der Waals surface area contributed by atoms with Crippen LogP contribution in [0.3, 0.4) is 0 Å². The van der Waals surface area contributed by atoms with Crippen LogP contribution in [0.5, 0.6) is 11.5 Å². The molecule has 0 saturated carbocycles. The molecule has 0 radical (unpaired) electrons. The highest BCUT2D eigenvalue weighted by atomic mass is 16.5. The van der Waals surface area contributed by atoms with Gasteiger partial charge in [-0.05, 0) is 51.1 Å². The summed E-state index contributed by atoms with van der Waals surface area (Å²) in [6, 6.07) is 15.3. The highest BCUT2D eigenvalue weighted by Gasteiger charge is 2.19. The molecule has 0 unspecified atom stereocenters. The average molecular weight is 393 g/mol. The Labute approximate surface area is 171 Å². The molecule has 0 aliphatic rings. The standard InChI is InChI=1S/C23H27N3O3/c1-15(21-13-19(28-4)11-12-22(21)29-5)24-23(27)14-20-16(2)25-26(17(20)3)18-9-7-6-8-10-18/h6-13,15H,14H2,1-5H3,(H,24,27)/t15-/m1/s1. The maximum Gasteiger partial charge on any atom is 0.225 e. The van der Waals surface area contributed by atoms with Gasteiger partial charge in [-0.15, -0.1) is 0 Å². The van der Waals surface area contributed by atoms with Crippen LogP contribution in [0.1, 0.15) is 35.5 Å². The van der Waals surface area contributed by atoms with Crippen LogP contribution in [0.25, 0.3) is 5.69 Å². The van der Waals surface area contributed by atoms with Crippen molar-refractivity contribution < 1.29 is 14.3 Å². The number of aromatic nitrogens is 2. The van der Waals surface area contributed by atoms with Crippen LogP contribution in [0.2, 0.25) is 0 Å². The first-order valence-corrected chi connectivity index (χ1v) is 9.56. The predicted octanol–water partition coefficient (Wildman–Crippen LogP) is 3.93. The summed E-state index contributed by atoms with van der Waals surface area (Å²) in [6.07, 6.45) is 0.265. The zero-order chi connectivity index (χ0) is 21.0. The fourth-order valence-electron chi connectivity index (χ4n) is 3.46. The van der Waals surface area contributed by atoms with Crippen LogP contribution in [-0.2, 0) is 11.2 Å². The van der Waals surface area contributed by atoms with E-state index in [0.29, 0.717) is 5.75 Å². The van der Waals surface area contributed by atoms with E-state index < -0.39 is 0 Å². The van der Waals surface area contributed by atoms with Gasteiger partial charge in [0.2, 0.25) is 5.91 Å². The molecule has 0 fully saturated rings. The minimum atomic E-state index is -0.225. The zero-order valence-electron chi connectivity index (χ0n) is 17.5. The number of nitrogens with one attached hydrogen (secondary N) is 1. The number of hydrogen-bond acceptors (Lipinski definition) is 4. The van der Waals surface area contributed by atoms with Crippen LogP contribution >= 0.6 is 0 Å². The van der Waals surface area contributed by atoms with E-state index in [2.05, 4.69) is 10.4 Å². The molecule has 0 aliphatic heterocycles. The predicted molar refractivity (Wildman–Crippen MR) is 113 cm³/mol. The number of para-hydroxylation sites is 1. The van der Waals surface area contributed by atoms with Crippen molar-refractivity contribution in [1.82, 2.24) is 15.1 Å². The van der Waals surface area contributed by atoms with Crippen molar-refractivity contribution >= 4 is 5.91 Å². The number of carbonyl (C=O) groups excluding carboxylic acids is 1. The van der Waals surface area contributed by atoms with Crippen LogP contribution in [-0.4, -0.2) is 29.9 Å². The van der Waals surface area contributed by atoms with E-state index in [0.717, 1.165) is 34.0 Å². The second-order valence-corrected chi connectivity index (χ2v) is 6.97. The Morgan fingerprint density at radius 1 is 1.10 bits per heavy atom. The van der Waals surface area contributed by atoms with E-state index in [1.165, 1.54) is 0 Å². The molecule has 0 bridgehead atoms. The van der Waals surface area contributed by atoms with Crippen molar-refractivity contribution in [1.29, 1.82) is 0 Å². The van der Waals surface area contributed by atoms with Gasteiger partial charge in [0.05, 0.1) is 38.1 Å². The third-order valence-electron chi connectivity index (χ3n) is 5.06. The molecule has 152 valence electrons. The lowest BCUT2D eigenvalue weighted by atomic mass is 10.1. The molecule has 3 aromatic rings. The summed E-state index contributed by atoms with van der Waals surface area (Å²) >= 11 is 0. The highest BCUT2D eigenvalue weighted by Crippen LogP contribution is 2.29. The Bertz CT molecular complexity index is 996. The Morgan fingerprint density at radius 2 is 1.83 bits per heavy atom. The van der Waals surface area contributed by atoms with Gasteiger partial charge in [0.1, 0.15) is 11.5 Å². The third kappa shape index (κ3) is 4.42. The second kappa shape index (κ2) is 8.82. The number of rotatable bonds is 7. The van der Waals surface area contributed by atoms with Gasteiger partial charge in [-0.2, -0.15) is 5.10 Å². The van der Waals surface area contributed by atoms with Crippen molar-refractivity contribution in [3.05, 3.63) is 71.0 Å². The minimum absolute atomic E-state index is 0.0683. The van der Waals surface area contributed by atoms with Crippen LogP contribution in [0.4, 0.5) is 0 Å². The van der Waals surface area contributed by atoms with Gasteiger partial charge in [-0.3, -0.25) is 4.79 Å². The topological polar surface area (TPSA) is 65.4 Å². The molecule has 0 aliphatic carbocycles. The number of methoxy groups -OCH3 is 2. The third-order valence-corrected chi connectivity index (χ3v) is 5.06. The summed E-state index contributed by atoms with van der Waals surface area (Å²) in [6.45, 7) is 5.86. The lowest BCUT2D eigenvalue weighted by Gasteiger charge is -2.18. The number of aryl methyl sites for hydroxylation is 1. The summed E-state index contributed by atoms with van der Waals surface area (Å²) < 4.78 is 12.6. The van der Waals surface area contributed by atoms with E-state index >= 15 is 0 Å². The molecule has 0 spiro atoms. The molecule has 1 N–H and O–H groups in total. The molecule has 2 aromatic carbocycles. The van der Waals surface area contributed by atoms with Crippen molar-refractivity contribution in [2.75, 3.05) is 14.2 Å². The molecule has 1 amide bonds. The van der Waals surface area contributed by atoms with Gasteiger partial charge < -0.3 is 14.8 Å². The smallest absolute Gasteiger partial charge is 0.225 e. The van der Waals surface area contributed by atoms with E-state index in [1.54, 1.807) is 14.2 Å². The summed E-state index contributed by atoms with van der Waals surface area (Å²) in [7, 11) is 3.23. The van der Waals surface area contributed by atoms with Gasteiger partial charge in [-0.1, -0.05) is 18.2 Å². The van der Waals surface area contributed by atoms with Crippen molar-refractivity contribution in [2.45, 2.75) is 33.2 Å². The molecular weight excluding hydrogens is 366 g/mol. The molecule has 6 heteroatoms. The summed E-state index contributed by atoms with van der Waals surface area (Å²) in [5.74, 6) is 1.36. The number of nitrogens with zero attached hydrogens (tertiary/aromatic N) is 2. The SMILES string of the molecule is COc1ccc(OC)c([C@@H](C)NC(=O)Cc2c(C)nn(-c3ccccc3)c2C)c1. The molecule has 1 aromatic heterocycles. The van der Waals surface area contributed by atoms with Crippen LogP contribution in [0.15, 0.2) is 48.5 Å². The molecule has 1 heterocycles. The molecular formula is C23H27N3O3.